The molecule has 146 valence electrons. The number of ether oxygens (including phenoxy) is 2. The SMILES string of the molecule is COCc1nc2c(C(=O)NC3CCC(F)(F)CC3)ncnn2c1C(=O)OC. The second kappa shape index (κ2) is 7.51. The molecule has 2 aromatic heterocycles. The molecule has 0 bridgehead atoms. The van der Waals surface area contributed by atoms with Crippen LogP contribution in [0.15, 0.2) is 6.33 Å². The third-order valence-electron chi connectivity index (χ3n) is 4.42. The van der Waals surface area contributed by atoms with E-state index in [4.69, 9.17) is 9.47 Å². The molecule has 0 aliphatic heterocycles. The standard InChI is InChI=1S/C16H19F2N5O4/c1-26-7-10-12(15(25)27-2)23-13(22-10)11(19-8-20-23)14(24)21-9-3-5-16(17,18)6-4-9/h8-9H,3-7H2,1-2H3,(H,21,24). The molecule has 9 nitrogen and oxygen atoms in total. The average molecular weight is 383 g/mol. The Morgan fingerprint density at radius 3 is 2.67 bits per heavy atom. The van der Waals surface area contributed by atoms with Gasteiger partial charge in [-0.2, -0.15) is 5.10 Å². The minimum Gasteiger partial charge on any atom is -0.464 e. The molecular weight excluding hydrogens is 364 g/mol. The van der Waals surface area contributed by atoms with Crippen LogP contribution in [0.3, 0.4) is 0 Å². The number of methoxy groups -OCH3 is 2. The average Bonchev–Trinajstić information content (AvgIpc) is 3.01. The lowest BCUT2D eigenvalue weighted by molar-refractivity contribution is -0.0399. The number of aromatic nitrogens is 4. The first kappa shape index (κ1) is 19.1. The number of halogens is 2. The molecule has 3 rings (SSSR count). The number of hydrogen-bond donors (Lipinski definition) is 1. The van der Waals surface area contributed by atoms with Crippen molar-refractivity contribution < 1.29 is 27.8 Å². The lowest BCUT2D eigenvalue weighted by atomic mass is 9.92. The Balaban J connectivity index is 1.90. The maximum atomic E-state index is 13.3. The summed E-state index contributed by atoms with van der Waals surface area (Å²) in [5.41, 5.74) is 0.276. The molecule has 1 saturated carbocycles. The molecule has 1 amide bonds. The molecule has 0 aromatic carbocycles. The second-order valence-corrected chi connectivity index (χ2v) is 6.28. The number of nitrogens with one attached hydrogen (secondary N) is 1. The summed E-state index contributed by atoms with van der Waals surface area (Å²) in [6.07, 6.45) is 0.922. The van der Waals surface area contributed by atoms with E-state index in [0.717, 1.165) is 10.8 Å². The zero-order chi connectivity index (χ0) is 19.6. The molecule has 0 saturated heterocycles. The van der Waals surface area contributed by atoms with Crippen LogP contribution in [0.2, 0.25) is 0 Å². The summed E-state index contributed by atoms with van der Waals surface area (Å²) in [5, 5.41) is 6.68. The molecule has 1 N–H and O–H groups in total. The molecule has 27 heavy (non-hydrogen) atoms. The van der Waals surface area contributed by atoms with Gasteiger partial charge in [0, 0.05) is 26.0 Å². The monoisotopic (exact) mass is 383 g/mol. The topological polar surface area (TPSA) is 108 Å². The lowest BCUT2D eigenvalue weighted by Crippen LogP contribution is -2.40. The van der Waals surface area contributed by atoms with E-state index in [2.05, 4.69) is 20.4 Å². The quantitative estimate of drug-likeness (QED) is 0.777. The highest BCUT2D eigenvalue weighted by Crippen LogP contribution is 2.33. The molecule has 1 aliphatic carbocycles. The van der Waals surface area contributed by atoms with Gasteiger partial charge in [0.2, 0.25) is 5.92 Å². The smallest absolute Gasteiger partial charge is 0.358 e. The van der Waals surface area contributed by atoms with Gasteiger partial charge < -0.3 is 14.8 Å². The third kappa shape index (κ3) is 3.87. The van der Waals surface area contributed by atoms with E-state index < -0.39 is 17.8 Å². The number of nitrogens with zero attached hydrogens (tertiary/aromatic N) is 4. The van der Waals surface area contributed by atoms with Crippen LogP contribution in [0.4, 0.5) is 8.78 Å². The van der Waals surface area contributed by atoms with E-state index >= 15 is 0 Å². The number of hydrogen-bond acceptors (Lipinski definition) is 7. The summed E-state index contributed by atoms with van der Waals surface area (Å²) < 4.78 is 37.5. The van der Waals surface area contributed by atoms with E-state index in [0.29, 0.717) is 0 Å². The van der Waals surface area contributed by atoms with Crippen molar-refractivity contribution in [1.82, 2.24) is 24.9 Å². The summed E-state index contributed by atoms with van der Waals surface area (Å²) in [7, 11) is 2.65. The first-order chi connectivity index (χ1) is 12.9. The van der Waals surface area contributed by atoms with Crippen molar-refractivity contribution >= 4 is 17.5 Å². The molecule has 1 fully saturated rings. The molecule has 2 heterocycles. The molecule has 11 heteroatoms. The Kier molecular flexibility index (Phi) is 5.31. The zero-order valence-electron chi connectivity index (χ0n) is 14.9. The Bertz CT molecular complexity index is 860. The number of amides is 1. The highest BCUT2D eigenvalue weighted by molar-refractivity contribution is 5.99. The predicted octanol–water partition coefficient (Wildman–Crippen LogP) is 1.37. The molecule has 0 unspecified atom stereocenters. The summed E-state index contributed by atoms with van der Waals surface area (Å²) in [6, 6.07) is -0.374. The first-order valence-corrected chi connectivity index (χ1v) is 8.35. The van der Waals surface area contributed by atoms with E-state index in [1.165, 1.54) is 14.2 Å². The zero-order valence-corrected chi connectivity index (χ0v) is 14.9. The normalized spacial score (nSPS) is 17.0. The van der Waals surface area contributed by atoms with Crippen molar-refractivity contribution in [3.63, 3.8) is 0 Å². The van der Waals surface area contributed by atoms with Gasteiger partial charge in [-0.05, 0) is 12.8 Å². The van der Waals surface area contributed by atoms with Crippen LogP contribution in [0, 0.1) is 0 Å². The summed E-state index contributed by atoms with van der Waals surface area (Å²) in [6.45, 7) is 0.00651. The van der Waals surface area contributed by atoms with Crippen molar-refractivity contribution in [2.45, 2.75) is 44.3 Å². The molecule has 0 atom stereocenters. The molecule has 2 aromatic rings. The predicted molar refractivity (Wildman–Crippen MR) is 87.5 cm³/mol. The summed E-state index contributed by atoms with van der Waals surface area (Å²) in [5.74, 6) is -3.94. The van der Waals surface area contributed by atoms with Gasteiger partial charge in [-0.25, -0.2) is 28.1 Å². The van der Waals surface area contributed by atoms with Crippen LogP contribution >= 0.6 is 0 Å². The fourth-order valence-corrected chi connectivity index (χ4v) is 3.05. The minimum absolute atomic E-state index is 0.00651. The first-order valence-electron chi connectivity index (χ1n) is 8.35. The van der Waals surface area contributed by atoms with Crippen molar-refractivity contribution in [1.29, 1.82) is 0 Å². The number of carbonyl (C=O) groups excluding carboxylic acids is 2. The second-order valence-electron chi connectivity index (χ2n) is 6.28. The fraction of sp³-hybridized carbons (Fsp3) is 0.562. The number of fused-ring (bicyclic) bond motifs is 1. The number of imidazole rings is 1. The van der Waals surface area contributed by atoms with Crippen molar-refractivity contribution in [2.24, 2.45) is 0 Å². The number of esters is 1. The largest absolute Gasteiger partial charge is 0.464 e. The number of rotatable bonds is 5. The van der Waals surface area contributed by atoms with E-state index in [-0.39, 0.29) is 61.1 Å². The Labute approximate surface area is 153 Å². The van der Waals surface area contributed by atoms with Crippen molar-refractivity contribution in [2.75, 3.05) is 14.2 Å². The van der Waals surface area contributed by atoms with Crippen LogP contribution in [0.1, 0.15) is 52.4 Å². The molecule has 0 spiro atoms. The lowest BCUT2D eigenvalue weighted by Gasteiger charge is -2.28. The van der Waals surface area contributed by atoms with E-state index in [1.807, 2.05) is 0 Å². The van der Waals surface area contributed by atoms with Crippen LogP contribution in [-0.4, -0.2) is 57.6 Å². The van der Waals surface area contributed by atoms with Gasteiger partial charge >= 0.3 is 5.97 Å². The van der Waals surface area contributed by atoms with Crippen molar-refractivity contribution in [3.05, 3.63) is 23.4 Å². The van der Waals surface area contributed by atoms with Gasteiger partial charge in [-0.3, -0.25) is 4.79 Å². The number of carbonyl (C=O) groups is 2. The fourth-order valence-electron chi connectivity index (χ4n) is 3.05. The highest BCUT2D eigenvalue weighted by atomic mass is 19.3. The molecule has 1 aliphatic rings. The molecule has 0 radical (unpaired) electrons. The van der Waals surface area contributed by atoms with Crippen LogP contribution in [0.25, 0.3) is 5.65 Å². The summed E-state index contributed by atoms with van der Waals surface area (Å²) in [4.78, 5) is 32.9. The van der Waals surface area contributed by atoms with Crippen LogP contribution < -0.4 is 5.32 Å². The van der Waals surface area contributed by atoms with E-state index in [9.17, 15) is 18.4 Å². The Morgan fingerprint density at radius 2 is 2.04 bits per heavy atom. The van der Waals surface area contributed by atoms with Gasteiger partial charge in [-0.1, -0.05) is 0 Å². The van der Waals surface area contributed by atoms with Gasteiger partial charge in [0.15, 0.2) is 17.0 Å². The third-order valence-corrected chi connectivity index (χ3v) is 4.42. The Hall–Kier alpha value is -2.69. The van der Waals surface area contributed by atoms with Crippen LogP contribution in [0.5, 0.6) is 0 Å². The van der Waals surface area contributed by atoms with Gasteiger partial charge in [0.05, 0.1) is 13.7 Å². The highest BCUT2D eigenvalue weighted by Gasteiger charge is 2.36. The number of alkyl halides is 2. The van der Waals surface area contributed by atoms with Gasteiger partial charge in [0.25, 0.3) is 5.91 Å². The van der Waals surface area contributed by atoms with Crippen LogP contribution in [-0.2, 0) is 16.1 Å². The minimum atomic E-state index is -2.68. The van der Waals surface area contributed by atoms with Gasteiger partial charge in [-0.15, -0.1) is 0 Å². The summed E-state index contributed by atoms with van der Waals surface area (Å²) >= 11 is 0. The van der Waals surface area contributed by atoms with Crippen molar-refractivity contribution in [3.8, 4) is 0 Å². The van der Waals surface area contributed by atoms with Gasteiger partial charge in [0.1, 0.15) is 12.0 Å². The Morgan fingerprint density at radius 1 is 1.33 bits per heavy atom. The van der Waals surface area contributed by atoms with E-state index in [1.54, 1.807) is 0 Å². The molecular formula is C16H19F2N5O4. The maximum absolute atomic E-state index is 13.3. The maximum Gasteiger partial charge on any atom is 0.358 e.